The van der Waals surface area contributed by atoms with Gasteiger partial charge in [-0.2, -0.15) is 5.10 Å². The molecule has 0 radical (unpaired) electrons. The minimum Gasteiger partial charge on any atom is -0.476 e. The third-order valence-corrected chi connectivity index (χ3v) is 4.94. The summed E-state index contributed by atoms with van der Waals surface area (Å²) in [6, 6.07) is 7.43. The number of carboxylic acids is 1. The highest BCUT2D eigenvalue weighted by atomic mass is 35.5. The number of amides is 1. The summed E-state index contributed by atoms with van der Waals surface area (Å²) in [7, 11) is 0. The summed E-state index contributed by atoms with van der Waals surface area (Å²) < 4.78 is 1.56. The second-order valence-corrected chi connectivity index (χ2v) is 6.64. The summed E-state index contributed by atoms with van der Waals surface area (Å²) >= 11 is 6.20. The molecule has 24 heavy (non-hydrogen) atoms. The topological polar surface area (TPSA) is 75.4 Å². The number of aromatic nitrogens is 2. The molecule has 2 aromatic rings. The Morgan fingerprint density at radius 1 is 1.29 bits per heavy atom. The van der Waals surface area contributed by atoms with Crippen LogP contribution in [0.25, 0.3) is 0 Å². The molecule has 124 valence electrons. The number of nitrogens with zero attached hydrogens (tertiary/aromatic N) is 3. The molecule has 2 heterocycles. The van der Waals surface area contributed by atoms with Gasteiger partial charge in [0, 0.05) is 23.7 Å². The predicted molar refractivity (Wildman–Crippen MR) is 87.4 cm³/mol. The molecule has 0 saturated heterocycles. The van der Waals surface area contributed by atoms with Crippen molar-refractivity contribution in [2.45, 2.75) is 31.8 Å². The Hall–Kier alpha value is -2.34. The summed E-state index contributed by atoms with van der Waals surface area (Å²) in [6.07, 6.45) is 1.83. The standard InChI is InChI=1S/C17H16ClN3O3/c18-12-4-2-1-3-11(12)9-20-7-8-21-15(16(20)22)13(10-5-6-10)14(19-21)17(23)24/h1-4,10H,5-9H2,(H,23,24). The first kappa shape index (κ1) is 15.2. The van der Waals surface area contributed by atoms with Crippen LogP contribution in [0.2, 0.25) is 5.02 Å². The van der Waals surface area contributed by atoms with Gasteiger partial charge in [-0.3, -0.25) is 9.48 Å². The maximum atomic E-state index is 13.0. The van der Waals surface area contributed by atoms with Crippen molar-refractivity contribution < 1.29 is 14.7 Å². The first-order valence-electron chi connectivity index (χ1n) is 7.93. The molecular formula is C17H16ClN3O3. The van der Waals surface area contributed by atoms with Gasteiger partial charge in [0.25, 0.3) is 5.91 Å². The number of rotatable bonds is 4. The minimum absolute atomic E-state index is 0.0282. The van der Waals surface area contributed by atoms with E-state index >= 15 is 0 Å². The Labute approximate surface area is 143 Å². The highest BCUT2D eigenvalue weighted by Gasteiger charge is 2.40. The van der Waals surface area contributed by atoms with Gasteiger partial charge in [0.1, 0.15) is 5.69 Å². The molecule has 0 unspecified atom stereocenters. The van der Waals surface area contributed by atoms with Gasteiger partial charge in [-0.05, 0) is 30.4 Å². The molecule has 0 atom stereocenters. The maximum Gasteiger partial charge on any atom is 0.356 e. The van der Waals surface area contributed by atoms with Crippen molar-refractivity contribution in [3.63, 3.8) is 0 Å². The quantitative estimate of drug-likeness (QED) is 0.924. The van der Waals surface area contributed by atoms with Crippen LogP contribution in [-0.2, 0) is 13.1 Å². The highest BCUT2D eigenvalue weighted by molar-refractivity contribution is 6.31. The van der Waals surface area contributed by atoms with Gasteiger partial charge in [-0.15, -0.1) is 0 Å². The normalized spacial score (nSPS) is 17.0. The predicted octanol–water partition coefficient (Wildman–Crippen LogP) is 2.77. The number of benzene rings is 1. The lowest BCUT2D eigenvalue weighted by molar-refractivity contribution is 0.0670. The number of fused-ring (bicyclic) bond motifs is 1. The summed E-state index contributed by atoms with van der Waals surface area (Å²) in [5.41, 5.74) is 1.96. The number of aromatic carboxylic acids is 1. The molecule has 4 rings (SSSR count). The molecule has 1 saturated carbocycles. The molecule has 1 aliphatic carbocycles. The summed E-state index contributed by atoms with van der Waals surface area (Å²) in [5.74, 6) is -1.09. The van der Waals surface area contributed by atoms with E-state index in [1.807, 2.05) is 18.2 Å². The van der Waals surface area contributed by atoms with Gasteiger partial charge < -0.3 is 10.0 Å². The summed E-state index contributed by atoms with van der Waals surface area (Å²) in [5, 5.41) is 14.2. The summed E-state index contributed by atoms with van der Waals surface area (Å²) in [4.78, 5) is 26.1. The molecule has 0 spiro atoms. The van der Waals surface area contributed by atoms with E-state index in [4.69, 9.17) is 11.6 Å². The average molecular weight is 346 g/mol. The lowest BCUT2D eigenvalue weighted by Crippen LogP contribution is -2.40. The molecule has 2 aliphatic rings. The van der Waals surface area contributed by atoms with Crippen molar-refractivity contribution in [2.24, 2.45) is 0 Å². The van der Waals surface area contributed by atoms with Crippen LogP contribution in [0.5, 0.6) is 0 Å². The van der Waals surface area contributed by atoms with Gasteiger partial charge in [-0.25, -0.2) is 4.79 Å². The number of halogens is 1. The third-order valence-electron chi connectivity index (χ3n) is 4.57. The van der Waals surface area contributed by atoms with Crippen molar-refractivity contribution in [1.82, 2.24) is 14.7 Å². The van der Waals surface area contributed by atoms with Crippen LogP contribution in [0.15, 0.2) is 24.3 Å². The second-order valence-electron chi connectivity index (χ2n) is 6.23. The number of hydrogen-bond acceptors (Lipinski definition) is 3. The van der Waals surface area contributed by atoms with E-state index in [9.17, 15) is 14.7 Å². The van der Waals surface area contributed by atoms with E-state index in [0.717, 1.165) is 18.4 Å². The Kier molecular flexibility index (Phi) is 3.57. The number of hydrogen-bond donors (Lipinski definition) is 1. The molecule has 1 aromatic heterocycles. The fourth-order valence-corrected chi connectivity index (χ4v) is 3.43. The first-order chi connectivity index (χ1) is 11.6. The van der Waals surface area contributed by atoms with Crippen molar-refractivity contribution in [3.05, 3.63) is 51.8 Å². The maximum absolute atomic E-state index is 13.0. The fourth-order valence-electron chi connectivity index (χ4n) is 3.23. The van der Waals surface area contributed by atoms with E-state index in [2.05, 4.69) is 5.10 Å². The molecule has 1 amide bonds. The van der Waals surface area contributed by atoms with Crippen LogP contribution >= 0.6 is 11.6 Å². The van der Waals surface area contributed by atoms with Crippen molar-refractivity contribution >= 4 is 23.5 Å². The molecule has 1 aromatic carbocycles. The second kappa shape index (κ2) is 5.63. The van der Waals surface area contributed by atoms with Gasteiger partial charge in [0.2, 0.25) is 0 Å². The molecule has 7 heteroatoms. The average Bonchev–Trinajstić information content (AvgIpc) is 3.31. The molecular weight excluding hydrogens is 330 g/mol. The smallest absolute Gasteiger partial charge is 0.356 e. The van der Waals surface area contributed by atoms with Crippen molar-refractivity contribution in [1.29, 1.82) is 0 Å². The Morgan fingerprint density at radius 2 is 2.04 bits per heavy atom. The zero-order chi connectivity index (χ0) is 16.8. The van der Waals surface area contributed by atoms with Gasteiger partial charge in [0.15, 0.2) is 5.69 Å². The van der Waals surface area contributed by atoms with E-state index in [1.165, 1.54) is 0 Å². The molecule has 0 bridgehead atoms. The number of carbonyl (C=O) groups is 2. The molecule has 6 nitrogen and oxygen atoms in total. The van der Waals surface area contributed by atoms with E-state index in [-0.39, 0.29) is 17.5 Å². The number of carbonyl (C=O) groups excluding carboxylic acids is 1. The molecule has 1 aliphatic heterocycles. The molecule has 1 fully saturated rings. The Bertz CT molecular complexity index is 842. The van der Waals surface area contributed by atoms with Crippen LogP contribution in [0.1, 0.15) is 50.9 Å². The fraction of sp³-hybridized carbons (Fsp3) is 0.353. The largest absolute Gasteiger partial charge is 0.476 e. The monoisotopic (exact) mass is 345 g/mol. The lowest BCUT2D eigenvalue weighted by atomic mass is 10.1. The van der Waals surface area contributed by atoms with Crippen LogP contribution < -0.4 is 0 Å². The molecule has 1 N–H and O–H groups in total. The Balaban J connectivity index is 1.69. The van der Waals surface area contributed by atoms with Crippen molar-refractivity contribution in [3.8, 4) is 0 Å². The van der Waals surface area contributed by atoms with Gasteiger partial charge in [0.05, 0.1) is 6.54 Å². The zero-order valence-electron chi connectivity index (χ0n) is 12.9. The lowest BCUT2D eigenvalue weighted by Gasteiger charge is -2.28. The highest BCUT2D eigenvalue weighted by Crippen LogP contribution is 2.44. The summed E-state index contributed by atoms with van der Waals surface area (Å²) in [6.45, 7) is 1.40. The van der Waals surface area contributed by atoms with Crippen LogP contribution in [0.4, 0.5) is 0 Å². The van der Waals surface area contributed by atoms with Crippen LogP contribution in [-0.4, -0.2) is 38.2 Å². The van der Waals surface area contributed by atoms with E-state index < -0.39 is 5.97 Å². The van der Waals surface area contributed by atoms with Gasteiger partial charge >= 0.3 is 5.97 Å². The van der Waals surface area contributed by atoms with E-state index in [1.54, 1.807) is 15.6 Å². The van der Waals surface area contributed by atoms with Crippen LogP contribution in [0, 0.1) is 0 Å². The minimum atomic E-state index is -1.07. The SMILES string of the molecule is O=C(O)c1nn2c(c1C1CC1)C(=O)N(Cc1ccccc1Cl)CC2. The van der Waals surface area contributed by atoms with Crippen LogP contribution in [0.3, 0.4) is 0 Å². The van der Waals surface area contributed by atoms with E-state index in [0.29, 0.717) is 35.9 Å². The van der Waals surface area contributed by atoms with Crippen molar-refractivity contribution in [2.75, 3.05) is 6.54 Å². The first-order valence-corrected chi connectivity index (χ1v) is 8.30. The zero-order valence-corrected chi connectivity index (χ0v) is 13.7. The number of carboxylic acid groups (broad SMARTS) is 1. The Morgan fingerprint density at radius 3 is 2.71 bits per heavy atom. The van der Waals surface area contributed by atoms with Gasteiger partial charge in [-0.1, -0.05) is 29.8 Å². The third kappa shape index (κ3) is 2.47.